The fourth-order valence-electron chi connectivity index (χ4n) is 1.85. The molecule has 1 heterocycles. The largest absolute Gasteiger partial charge is 0.333 e. The Labute approximate surface area is 95.6 Å². The Morgan fingerprint density at radius 2 is 2.06 bits per heavy atom. The number of nitrogens with one attached hydrogen (secondary N) is 2. The quantitative estimate of drug-likeness (QED) is 0.813. The van der Waals surface area contributed by atoms with Crippen LogP contribution in [-0.2, 0) is 0 Å². The maximum atomic E-state index is 11.6. The first-order valence-electron chi connectivity index (χ1n) is 5.70. The van der Waals surface area contributed by atoms with Crippen LogP contribution in [0.3, 0.4) is 0 Å². The maximum absolute atomic E-state index is 11.6. The molecular formula is C12H17N3O. The molecule has 4 heteroatoms. The van der Waals surface area contributed by atoms with Gasteiger partial charge in [-0.15, -0.1) is 0 Å². The molecule has 1 aromatic rings. The summed E-state index contributed by atoms with van der Waals surface area (Å²) in [5, 5.41) is 0. The SMILES string of the molecule is CCCCN1C(=O)NN[C@@H]1c1ccccc1. The smallest absolute Gasteiger partial charge is 0.302 e. The van der Waals surface area contributed by atoms with Crippen LogP contribution in [-0.4, -0.2) is 17.5 Å². The second kappa shape index (κ2) is 4.99. The van der Waals surface area contributed by atoms with Crippen LogP contribution in [0, 0.1) is 0 Å². The van der Waals surface area contributed by atoms with Gasteiger partial charge >= 0.3 is 6.03 Å². The highest BCUT2D eigenvalue weighted by molar-refractivity contribution is 5.76. The summed E-state index contributed by atoms with van der Waals surface area (Å²) in [5.74, 6) is 0. The summed E-state index contributed by atoms with van der Waals surface area (Å²) in [5.41, 5.74) is 6.78. The van der Waals surface area contributed by atoms with Gasteiger partial charge in [-0.25, -0.2) is 10.2 Å². The lowest BCUT2D eigenvalue weighted by atomic mass is 10.1. The van der Waals surface area contributed by atoms with Gasteiger partial charge in [0, 0.05) is 6.54 Å². The molecule has 4 nitrogen and oxygen atoms in total. The first kappa shape index (κ1) is 11.0. The molecule has 1 saturated heterocycles. The zero-order chi connectivity index (χ0) is 11.4. The zero-order valence-electron chi connectivity index (χ0n) is 9.44. The van der Waals surface area contributed by atoms with E-state index in [1.807, 2.05) is 35.2 Å². The summed E-state index contributed by atoms with van der Waals surface area (Å²) in [4.78, 5) is 13.4. The summed E-state index contributed by atoms with van der Waals surface area (Å²) < 4.78 is 0. The number of amides is 2. The number of nitrogens with zero attached hydrogens (tertiary/aromatic N) is 1. The van der Waals surface area contributed by atoms with Gasteiger partial charge in [-0.2, -0.15) is 0 Å². The molecule has 0 aliphatic carbocycles. The number of unbranched alkanes of at least 4 members (excludes halogenated alkanes) is 1. The van der Waals surface area contributed by atoms with Crippen LogP contribution < -0.4 is 10.9 Å². The molecule has 2 rings (SSSR count). The number of carbonyl (C=O) groups is 1. The monoisotopic (exact) mass is 219 g/mol. The first-order chi connectivity index (χ1) is 7.83. The normalized spacial score (nSPS) is 19.9. The minimum absolute atomic E-state index is 0.0395. The van der Waals surface area contributed by atoms with E-state index < -0.39 is 0 Å². The van der Waals surface area contributed by atoms with E-state index in [0.29, 0.717) is 0 Å². The van der Waals surface area contributed by atoms with Crippen molar-refractivity contribution in [3.05, 3.63) is 35.9 Å². The lowest BCUT2D eigenvalue weighted by Gasteiger charge is -2.22. The maximum Gasteiger partial charge on any atom is 0.333 e. The van der Waals surface area contributed by atoms with Crippen molar-refractivity contribution in [3.63, 3.8) is 0 Å². The second-order valence-corrected chi connectivity index (χ2v) is 3.93. The van der Waals surface area contributed by atoms with Gasteiger partial charge in [0.25, 0.3) is 0 Å². The van der Waals surface area contributed by atoms with Crippen LogP contribution in [0.25, 0.3) is 0 Å². The molecule has 2 N–H and O–H groups in total. The fourth-order valence-corrected chi connectivity index (χ4v) is 1.85. The van der Waals surface area contributed by atoms with Crippen LogP contribution in [0.2, 0.25) is 0 Å². The average molecular weight is 219 g/mol. The molecule has 1 aromatic carbocycles. The van der Waals surface area contributed by atoms with Gasteiger partial charge in [-0.1, -0.05) is 43.7 Å². The number of hydrogen-bond donors (Lipinski definition) is 2. The van der Waals surface area contributed by atoms with Crippen LogP contribution in [0.5, 0.6) is 0 Å². The third-order valence-electron chi connectivity index (χ3n) is 2.76. The molecule has 0 saturated carbocycles. The van der Waals surface area contributed by atoms with Crippen molar-refractivity contribution in [2.45, 2.75) is 25.9 Å². The molecule has 2 amide bonds. The minimum atomic E-state index is -0.0414. The Bertz CT molecular complexity index is 353. The van der Waals surface area contributed by atoms with Gasteiger partial charge in [-0.05, 0) is 12.0 Å². The van der Waals surface area contributed by atoms with Crippen molar-refractivity contribution in [1.29, 1.82) is 0 Å². The Balaban J connectivity index is 2.11. The van der Waals surface area contributed by atoms with Gasteiger partial charge in [0.2, 0.25) is 0 Å². The van der Waals surface area contributed by atoms with Crippen molar-refractivity contribution in [3.8, 4) is 0 Å². The van der Waals surface area contributed by atoms with Gasteiger partial charge in [0.15, 0.2) is 0 Å². The van der Waals surface area contributed by atoms with Gasteiger partial charge in [0.1, 0.15) is 6.17 Å². The number of hydrazine groups is 1. The molecule has 1 atom stereocenters. The highest BCUT2D eigenvalue weighted by Crippen LogP contribution is 2.21. The highest BCUT2D eigenvalue weighted by Gasteiger charge is 2.30. The molecule has 0 unspecified atom stereocenters. The molecule has 1 aliphatic rings. The molecule has 16 heavy (non-hydrogen) atoms. The van der Waals surface area contributed by atoms with E-state index in [-0.39, 0.29) is 12.2 Å². The number of urea groups is 1. The van der Waals surface area contributed by atoms with E-state index in [1.165, 1.54) is 0 Å². The summed E-state index contributed by atoms with van der Waals surface area (Å²) >= 11 is 0. The Morgan fingerprint density at radius 1 is 1.31 bits per heavy atom. The predicted octanol–water partition coefficient (Wildman–Crippen LogP) is 2.02. The van der Waals surface area contributed by atoms with Crippen LogP contribution in [0.15, 0.2) is 30.3 Å². The van der Waals surface area contributed by atoms with Crippen LogP contribution in [0.4, 0.5) is 4.79 Å². The van der Waals surface area contributed by atoms with Crippen molar-refractivity contribution in [2.75, 3.05) is 6.54 Å². The summed E-state index contributed by atoms with van der Waals surface area (Å²) in [6.45, 7) is 2.91. The first-order valence-corrected chi connectivity index (χ1v) is 5.70. The van der Waals surface area contributed by atoms with Gasteiger partial charge in [0.05, 0.1) is 0 Å². The van der Waals surface area contributed by atoms with Gasteiger partial charge in [-0.3, -0.25) is 5.43 Å². The zero-order valence-corrected chi connectivity index (χ0v) is 9.44. The van der Waals surface area contributed by atoms with Crippen molar-refractivity contribution in [1.82, 2.24) is 15.8 Å². The Kier molecular flexibility index (Phi) is 3.41. The molecule has 0 spiro atoms. The Hall–Kier alpha value is -1.55. The van der Waals surface area contributed by atoms with E-state index in [4.69, 9.17) is 0 Å². The highest BCUT2D eigenvalue weighted by atomic mass is 16.2. The second-order valence-electron chi connectivity index (χ2n) is 3.93. The fraction of sp³-hybridized carbons (Fsp3) is 0.417. The van der Waals surface area contributed by atoms with Crippen molar-refractivity contribution < 1.29 is 4.79 Å². The van der Waals surface area contributed by atoms with Crippen LogP contribution >= 0.6 is 0 Å². The molecular weight excluding hydrogens is 202 g/mol. The minimum Gasteiger partial charge on any atom is -0.302 e. The summed E-state index contributed by atoms with van der Waals surface area (Å²) in [6.07, 6.45) is 2.07. The lowest BCUT2D eigenvalue weighted by molar-refractivity contribution is 0.200. The molecule has 0 aromatic heterocycles. The van der Waals surface area contributed by atoms with Crippen LogP contribution in [0.1, 0.15) is 31.5 Å². The van der Waals surface area contributed by atoms with Gasteiger partial charge < -0.3 is 4.90 Å². The van der Waals surface area contributed by atoms with E-state index >= 15 is 0 Å². The molecule has 1 aliphatic heterocycles. The number of carbonyl (C=O) groups excluding carboxylic acids is 1. The van der Waals surface area contributed by atoms with Crippen molar-refractivity contribution in [2.24, 2.45) is 0 Å². The van der Waals surface area contributed by atoms with E-state index in [0.717, 1.165) is 24.9 Å². The average Bonchev–Trinajstić information content (AvgIpc) is 2.69. The lowest BCUT2D eigenvalue weighted by Crippen LogP contribution is -2.30. The predicted molar refractivity (Wildman–Crippen MR) is 62.5 cm³/mol. The summed E-state index contributed by atoms with van der Waals surface area (Å²) in [6, 6.07) is 9.95. The Morgan fingerprint density at radius 3 is 2.75 bits per heavy atom. The number of rotatable bonds is 4. The van der Waals surface area contributed by atoms with E-state index in [2.05, 4.69) is 17.8 Å². The third kappa shape index (κ3) is 2.17. The standard InChI is InChI=1S/C12H17N3O/c1-2-3-9-15-11(13-14-12(15)16)10-7-5-4-6-8-10/h4-8,11,13H,2-3,9H2,1H3,(H,14,16)/t11-/m0/s1. The number of benzene rings is 1. The van der Waals surface area contributed by atoms with Crippen molar-refractivity contribution >= 4 is 6.03 Å². The molecule has 86 valence electrons. The molecule has 0 bridgehead atoms. The topological polar surface area (TPSA) is 44.4 Å². The van der Waals surface area contributed by atoms with E-state index in [9.17, 15) is 4.79 Å². The third-order valence-corrected chi connectivity index (χ3v) is 2.76. The molecule has 0 radical (unpaired) electrons. The summed E-state index contributed by atoms with van der Waals surface area (Å²) in [7, 11) is 0. The number of hydrogen-bond acceptors (Lipinski definition) is 2. The molecule has 1 fully saturated rings. The van der Waals surface area contributed by atoms with E-state index in [1.54, 1.807) is 0 Å².